The molecule has 2 aromatic heterocycles. The number of aromatic nitrogens is 3. The first-order valence-electron chi connectivity index (χ1n) is 9.78. The van der Waals surface area contributed by atoms with E-state index in [0.717, 1.165) is 5.56 Å². The second kappa shape index (κ2) is 10.3. The van der Waals surface area contributed by atoms with Crippen LogP contribution in [0.2, 0.25) is 0 Å². The fraction of sp³-hybridized carbons (Fsp3) is 0.333. The summed E-state index contributed by atoms with van der Waals surface area (Å²) >= 11 is 1.20. The van der Waals surface area contributed by atoms with Crippen LogP contribution in [0.4, 0.5) is 4.39 Å². The van der Waals surface area contributed by atoms with Gasteiger partial charge >= 0.3 is 0 Å². The van der Waals surface area contributed by atoms with Crippen molar-refractivity contribution in [3.63, 3.8) is 0 Å². The van der Waals surface area contributed by atoms with Crippen molar-refractivity contribution in [3.8, 4) is 11.6 Å². The monoisotopic (exact) mass is 445 g/mol. The van der Waals surface area contributed by atoms with Gasteiger partial charge in [-0.25, -0.2) is 4.39 Å². The van der Waals surface area contributed by atoms with Gasteiger partial charge in [-0.15, -0.1) is 10.2 Å². The van der Waals surface area contributed by atoms with E-state index < -0.39 is 5.91 Å². The minimum atomic E-state index is -0.452. The van der Waals surface area contributed by atoms with Crippen LogP contribution in [0, 0.1) is 11.7 Å². The lowest BCUT2D eigenvalue weighted by molar-refractivity contribution is -0.120. The minimum Gasteiger partial charge on any atom is -0.461 e. The molecule has 1 unspecified atom stereocenters. The van der Waals surface area contributed by atoms with Gasteiger partial charge in [-0.05, 0) is 35.7 Å². The zero-order valence-corrected chi connectivity index (χ0v) is 18.1. The first-order valence-corrected chi connectivity index (χ1v) is 10.8. The molecule has 31 heavy (non-hydrogen) atoms. The summed E-state index contributed by atoms with van der Waals surface area (Å²) in [6, 6.07) is 9.31. The molecule has 0 saturated carbocycles. The number of amides is 2. The number of primary amides is 1. The van der Waals surface area contributed by atoms with Gasteiger partial charge in [0.2, 0.25) is 11.8 Å². The number of benzene rings is 1. The van der Waals surface area contributed by atoms with Gasteiger partial charge in [0.1, 0.15) is 5.82 Å². The SMILES string of the molecule is CC(C)C(NC(=O)CSc1nnc(-c2ccco2)n1CCC(N)=O)c1ccc(F)cc1. The number of furan rings is 1. The quantitative estimate of drug-likeness (QED) is 0.463. The van der Waals surface area contributed by atoms with Crippen LogP contribution >= 0.6 is 11.8 Å². The number of nitrogens with one attached hydrogen (secondary N) is 1. The molecule has 0 bridgehead atoms. The van der Waals surface area contributed by atoms with E-state index >= 15 is 0 Å². The van der Waals surface area contributed by atoms with Crippen molar-refractivity contribution in [1.82, 2.24) is 20.1 Å². The van der Waals surface area contributed by atoms with E-state index in [1.165, 1.54) is 30.2 Å². The van der Waals surface area contributed by atoms with Crippen LogP contribution in [0.5, 0.6) is 0 Å². The maximum Gasteiger partial charge on any atom is 0.230 e. The number of hydrogen-bond acceptors (Lipinski definition) is 6. The Kier molecular flexibility index (Phi) is 7.45. The number of halogens is 1. The number of nitrogens with two attached hydrogens (primary N) is 1. The molecule has 164 valence electrons. The van der Waals surface area contributed by atoms with Crippen molar-refractivity contribution >= 4 is 23.6 Å². The second-order valence-electron chi connectivity index (χ2n) is 7.28. The lowest BCUT2D eigenvalue weighted by Crippen LogP contribution is -2.33. The average Bonchev–Trinajstić information content (AvgIpc) is 3.39. The maximum atomic E-state index is 13.2. The third kappa shape index (κ3) is 5.94. The molecule has 1 aromatic carbocycles. The first kappa shape index (κ1) is 22.5. The highest BCUT2D eigenvalue weighted by atomic mass is 32.2. The number of hydrogen-bond donors (Lipinski definition) is 2. The summed E-state index contributed by atoms with van der Waals surface area (Å²) in [5, 5.41) is 11.8. The second-order valence-corrected chi connectivity index (χ2v) is 8.22. The number of nitrogens with zero attached hydrogens (tertiary/aromatic N) is 3. The molecule has 0 radical (unpaired) electrons. The van der Waals surface area contributed by atoms with Gasteiger partial charge in [-0.1, -0.05) is 37.7 Å². The maximum absolute atomic E-state index is 13.2. The molecular formula is C21H24FN5O3S. The standard InChI is InChI=1S/C21H24FN5O3S/c1-13(2)19(14-5-7-15(22)8-6-14)24-18(29)12-31-21-26-25-20(16-4-3-11-30-16)27(21)10-9-17(23)28/h3-8,11,13,19H,9-10,12H2,1-2H3,(H2,23,28)(H,24,29). The van der Waals surface area contributed by atoms with Gasteiger partial charge in [0.25, 0.3) is 0 Å². The van der Waals surface area contributed by atoms with E-state index in [2.05, 4.69) is 15.5 Å². The summed E-state index contributed by atoms with van der Waals surface area (Å²) in [5.41, 5.74) is 6.12. The number of carbonyl (C=O) groups excluding carboxylic acids is 2. The van der Waals surface area contributed by atoms with Crippen LogP contribution in [0.25, 0.3) is 11.6 Å². The zero-order valence-electron chi connectivity index (χ0n) is 17.2. The third-order valence-electron chi connectivity index (χ3n) is 4.58. The highest BCUT2D eigenvalue weighted by Crippen LogP contribution is 2.26. The predicted molar refractivity (Wildman–Crippen MR) is 114 cm³/mol. The highest BCUT2D eigenvalue weighted by molar-refractivity contribution is 7.99. The summed E-state index contributed by atoms with van der Waals surface area (Å²) in [7, 11) is 0. The molecular weight excluding hydrogens is 421 g/mol. The minimum absolute atomic E-state index is 0.0945. The fourth-order valence-electron chi connectivity index (χ4n) is 3.06. The molecule has 10 heteroatoms. The predicted octanol–water partition coefficient (Wildman–Crippen LogP) is 3.16. The Balaban J connectivity index is 1.70. The Morgan fingerprint density at radius 2 is 1.97 bits per heavy atom. The number of carbonyl (C=O) groups is 2. The van der Waals surface area contributed by atoms with Crippen molar-refractivity contribution in [2.24, 2.45) is 11.7 Å². The molecule has 1 atom stereocenters. The lowest BCUT2D eigenvalue weighted by Gasteiger charge is -2.23. The van der Waals surface area contributed by atoms with Crippen LogP contribution in [0.3, 0.4) is 0 Å². The Labute approximate surface area is 183 Å². The molecule has 2 amide bonds. The van der Waals surface area contributed by atoms with Crippen LogP contribution in [-0.4, -0.2) is 32.3 Å². The first-order chi connectivity index (χ1) is 14.8. The smallest absolute Gasteiger partial charge is 0.230 e. The van der Waals surface area contributed by atoms with Crippen molar-refractivity contribution in [1.29, 1.82) is 0 Å². The average molecular weight is 446 g/mol. The van der Waals surface area contributed by atoms with Crippen LogP contribution in [0.1, 0.15) is 31.9 Å². The topological polar surface area (TPSA) is 116 Å². The van der Waals surface area contributed by atoms with Crippen LogP contribution < -0.4 is 11.1 Å². The Hall–Kier alpha value is -3.14. The molecule has 8 nitrogen and oxygen atoms in total. The van der Waals surface area contributed by atoms with E-state index in [0.29, 0.717) is 16.7 Å². The van der Waals surface area contributed by atoms with Gasteiger partial charge < -0.3 is 15.5 Å². The van der Waals surface area contributed by atoms with Crippen molar-refractivity contribution < 1.29 is 18.4 Å². The fourth-order valence-corrected chi connectivity index (χ4v) is 3.83. The van der Waals surface area contributed by atoms with E-state index in [1.807, 2.05) is 13.8 Å². The van der Waals surface area contributed by atoms with E-state index in [-0.39, 0.29) is 42.4 Å². The third-order valence-corrected chi connectivity index (χ3v) is 5.55. The molecule has 0 spiro atoms. The lowest BCUT2D eigenvalue weighted by atomic mass is 9.96. The molecule has 3 aromatic rings. The largest absolute Gasteiger partial charge is 0.461 e. The van der Waals surface area contributed by atoms with Crippen LogP contribution in [0.15, 0.2) is 52.2 Å². The van der Waals surface area contributed by atoms with Crippen molar-refractivity contribution in [2.75, 3.05) is 5.75 Å². The molecule has 0 aliphatic rings. The van der Waals surface area contributed by atoms with E-state index in [4.69, 9.17) is 10.2 Å². The van der Waals surface area contributed by atoms with Gasteiger partial charge in [-0.3, -0.25) is 14.2 Å². The molecule has 3 N–H and O–H groups in total. The highest BCUT2D eigenvalue weighted by Gasteiger charge is 2.21. The van der Waals surface area contributed by atoms with Crippen LogP contribution in [-0.2, 0) is 16.1 Å². The Bertz CT molecular complexity index is 1020. The Morgan fingerprint density at radius 3 is 2.58 bits per heavy atom. The molecule has 0 saturated heterocycles. The summed E-state index contributed by atoms with van der Waals surface area (Å²) in [6.07, 6.45) is 1.62. The number of rotatable bonds is 10. The molecule has 0 aliphatic heterocycles. The molecule has 2 heterocycles. The van der Waals surface area contributed by atoms with Gasteiger partial charge in [0.05, 0.1) is 18.1 Å². The normalized spacial score (nSPS) is 12.1. The van der Waals surface area contributed by atoms with E-state index in [9.17, 15) is 14.0 Å². The zero-order chi connectivity index (χ0) is 22.4. The van der Waals surface area contributed by atoms with E-state index in [1.54, 1.807) is 28.8 Å². The molecule has 0 fully saturated rings. The summed E-state index contributed by atoms with van der Waals surface area (Å²) in [6.45, 7) is 4.24. The van der Waals surface area contributed by atoms with Gasteiger partial charge in [-0.2, -0.15) is 0 Å². The van der Waals surface area contributed by atoms with Crippen molar-refractivity contribution in [2.45, 2.75) is 38.0 Å². The molecule has 3 rings (SSSR count). The van der Waals surface area contributed by atoms with Gasteiger partial charge in [0.15, 0.2) is 16.7 Å². The molecule has 0 aliphatic carbocycles. The summed E-state index contributed by atoms with van der Waals surface area (Å²) in [4.78, 5) is 23.9. The Morgan fingerprint density at radius 1 is 1.23 bits per heavy atom. The van der Waals surface area contributed by atoms with Crippen molar-refractivity contribution in [3.05, 3.63) is 54.0 Å². The summed E-state index contributed by atoms with van der Waals surface area (Å²) < 4.78 is 20.3. The van der Waals surface area contributed by atoms with Gasteiger partial charge in [0, 0.05) is 13.0 Å². The number of thioether (sulfide) groups is 1. The summed E-state index contributed by atoms with van der Waals surface area (Å²) in [5.74, 6) is 0.200.